The first-order valence-corrected chi connectivity index (χ1v) is 8.18. The van der Waals surface area contributed by atoms with Gasteiger partial charge in [-0.3, -0.25) is 9.59 Å². The minimum atomic E-state index is -2.87. The molecular formula is C15H12N2O3S. The van der Waals surface area contributed by atoms with Crippen molar-refractivity contribution < 1.29 is 13.8 Å². The molecule has 0 N–H and O–H groups in total. The number of imide groups is 1. The number of benzene rings is 2. The molecule has 2 aromatic rings. The maximum atomic E-state index is 12.7. The van der Waals surface area contributed by atoms with Crippen molar-refractivity contribution in [2.75, 3.05) is 6.26 Å². The standard InChI is InChI=1S/C15H12N2O3S/c1-21(20,11-7-3-2-4-8-11)16-17-14(18)12-9-5-6-10-13(12)15(17)19/h2-10H,1H3. The van der Waals surface area contributed by atoms with E-state index >= 15 is 0 Å². The summed E-state index contributed by atoms with van der Waals surface area (Å²) in [5.74, 6) is -1.08. The van der Waals surface area contributed by atoms with Crippen molar-refractivity contribution in [3.8, 4) is 0 Å². The highest BCUT2D eigenvalue weighted by Gasteiger charge is 2.36. The number of carbonyl (C=O) groups is 2. The van der Waals surface area contributed by atoms with Crippen molar-refractivity contribution in [2.45, 2.75) is 4.90 Å². The van der Waals surface area contributed by atoms with Crippen LogP contribution in [0.25, 0.3) is 0 Å². The molecule has 5 nitrogen and oxygen atoms in total. The second-order valence-electron chi connectivity index (χ2n) is 4.66. The Morgan fingerprint density at radius 2 is 1.33 bits per heavy atom. The monoisotopic (exact) mass is 300 g/mol. The fourth-order valence-electron chi connectivity index (χ4n) is 2.13. The van der Waals surface area contributed by atoms with Gasteiger partial charge in [0.05, 0.1) is 20.9 Å². The summed E-state index contributed by atoms with van der Waals surface area (Å²) in [6, 6.07) is 15.0. The van der Waals surface area contributed by atoms with Crippen LogP contribution in [0, 0.1) is 0 Å². The fourth-order valence-corrected chi connectivity index (χ4v) is 3.34. The van der Waals surface area contributed by atoms with Gasteiger partial charge in [0.25, 0.3) is 11.8 Å². The Labute approximate surface area is 122 Å². The fraction of sp³-hybridized carbons (Fsp3) is 0.0667. The highest BCUT2D eigenvalue weighted by Crippen LogP contribution is 2.24. The van der Waals surface area contributed by atoms with Crippen LogP contribution in [0.1, 0.15) is 20.7 Å². The molecule has 1 aliphatic rings. The van der Waals surface area contributed by atoms with E-state index in [1.165, 1.54) is 6.26 Å². The third-order valence-electron chi connectivity index (χ3n) is 3.19. The molecule has 1 unspecified atom stereocenters. The van der Waals surface area contributed by atoms with Crippen LogP contribution in [0.5, 0.6) is 0 Å². The predicted molar refractivity (Wildman–Crippen MR) is 78.1 cm³/mol. The number of carbonyl (C=O) groups excluding carboxylic acids is 2. The maximum absolute atomic E-state index is 12.7. The minimum absolute atomic E-state index is 0.287. The maximum Gasteiger partial charge on any atom is 0.282 e. The van der Waals surface area contributed by atoms with Gasteiger partial charge in [-0.15, -0.1) is 9.48 Å². The van der Waals surface area contributed by atoms with Crippen LogP contribution in [0.15, 0.2) is 64.0 Å². The molecule has 1 aliphatic heterocycles. The molecule has 0 saturated heterocycles. The lowest BCUT2D eigenvalue weighted by Gasteiger charge is -2.10. The van der Waals surface area contributed by atoms with Crippen LogP contribution in [0.3, 0.4) is 0 Å². The van der Waals surface area contributed by atoms with Gasteiger partial charge in [-0.2, -0.15) is 0 Å². The molecule has 1 atom stereocenters. The SMILES string of the molecule is CS(=O)(=NN1C(=O)c2ccccc2C1=O)c1ccccc1. The van der Waals surface area contributed by atoms with Crippen molar-refractivity contribution in [1.29, 1.82) is 0 Å². The van der Waals surface area contributed by atoms with Gasteiger partial charge in [0.15, 0.2) is 0 Å². The molecule has 0 fully saturated rings. The Bertz CT molecular complexity index is 817. The van der Waals surface area contributed by atoms with Gasteiger partial charge in [-0.1, -0.05) is 30.3 Å². The zero-order chi connectivity index (χ0) is 15.0. The first-order valence-electron chi connectivity index (χ1n) is 6.26. The second-order valence-corrected chi connectivity index (χ2v) is 6.90. The minimum Gasteiger partial charge on any atom is -0.267 e. The van der Waals surface area contributed by atoms with Crippen molar-refractivity contribution in [1.82, 2.24) is 5.01 Å². The molecule has 1 heterocycles. The van der Waals surface area contributed by atoms with Gasteiger partial charge in [-0.05, 0) is 24.3 Å². The van der Waals surface area contributed by atoms with Crippen molar-refractivity contribution in [3.05, 3.63) is 65.7 Å². The van der Waals surface area contributed by atoms with E-state index in [0.717, 1.165) is 0 Å². The number of hydrogen-bond acceptors (Lipinski definition) is 4. The highest BCUT2D eigenvalue weighted by atomic mass is 32.2. The second kappa shape index (κ2) is 4.82. The van der Waals surface area contributed by atoms with E-state index < -0.39 is 21.5 Å². The summed E-state index contributed by atoms with van der Waals surface area (Å²) in [6.45, 7) is 0. The highest BCUT2D eigenvalue weighted by molar-refractivity contribution is 7.93. The van der Waals surface area contributed by atoms with E-state index in [1.54, 1.807) is 54.6 Å². The lowest BCUT2D eigenvalue weighted by Crippen LogP contribution is -2.25. The Hall–Kier alpha value is -2.47. The molecule has 106 valence electrons. The van der Waals surface area contributed by atoms with Crippen LogP contribution in [-0.2, 0) is 9.73 Å². The molecular weight excluding hydrogens is 288 g/mol. The van der Waals surface area contributed by atoms with Crippen LogP contribution in [0.4, 0.5) is 0 Å². The Kier molecular flexibility index (Phi) is 3.10. The summed E-state index contributed by atoms with van der Waals surface area (Å²) in [4.78, 5) is 24.9. The third-order valence-corrected chi connectivity index (χ3v) is 4.81. The number of hydrogen-bond donors (Lipinski definition) is 0. The van der Waals surface area contributed by atoms with E-state index in [4.69, 9.17) is 0 Å². The van der Waals surface area contributed by atoms with E-state index in [2.05, 4.69) is 4.47 Å². The quantitative estimate of drug-likeness (QED) is 0.800. The summed E-state index contributed by atoms with van der Waals surface area (Å²) in [6.07, 6.45) is 1.41. The van der Waals surface area contributed by atoms with E-state index in [9.17, 15) is 13.8 Å². The first kappa shape index (κ1) is 13.5. The van der Waals surface area contributed by atoms with Crippen LogP contribution >= 0.6 is 0 Å². The molecule has 2 amide bonds. The molecule has 0 bridgehead atoms. The van der Waals surface area contributed by atoms with Gasteiger partial charge in [-0.25, -0.2) is 4.21 Å². The number of rotatable bonds is 2. The van der Waals surface area contributed by atoms with E-state index in [0.29, 0.717) is 9.90 Å². The largest absolute Gasteiger partial charge is 0.282 e. The van der Waals surface area contributed by atoms with Gasteiger partial charge in [0.2, 0.25) is 0 Å². The Balaban J connectivity index is 2.08. The Morgan fingerprint density at radius 3 is 1.86 bits per heavy atom. The average molecular weight is 300 g/mol. The summed E-state index contributed by atoms with van der Waals surface area (Å²) >= 11 is 0. The average Bonchev–Trinajstić information content (AvgIpc) is 2.74. The molecule has 0 saturated carbocycles. The molecule has 0 radical (unpaired) electrons. The topological polar surface area (TPSA) is 66.8 Å². The molecule has 2 aromatic carbocycles. The smallest absolute Gasteiger partial charge is 0.267 e. The predicted octanol–water partition coefficient (Wildman–Crippen LogP) is 2.35. The lowest BCUT2D eigenvalue weighted by atomic mass is 10.1. The van der Waals surface area contributed by atoms with Gasteiger partial charge in [0, 0.05) is 11.2 Å². The molecule has 6 heteroatoms. The van der Waals surface area contributed by atoms with Crippen LogP contribution in [0.2, 0.25) is 0 Å². The summed E-state index contributed by atoms with van der Waals surface area (Å²) in [5.41, 5.74) is 0.573. The lowest BCUT2D eigenvalue weighted by molar-refractivity contribution is 0.0661. The zero-order valence-corrected chi connectivity index (χ0v) is 12.0. The first-order chi connectivity index (χ1) is 10.0. The molecule has 0 aromatic heterocycles. The molecule has 0 spiro atoms. The van der Waals surface area contributed by atoms with E-state index in [-0.39, 0.29) is 11.1 Å². The summed E-state index contributed by atoms with van der Waals surface area (Å²) in [7, 11) is -2.87. The number of fused-ring (bicyclic) bond motifs is 1. The van der Waals surface area contributed by atoms with Crippen molar-refractivity contribution in [3.63, 3.8) is 0 Å². The molecule has 0 aliphatic carbocycles. The Morgan fingerprint density at radius 1 is 0.857 bits per heavy atom. The van der Waals surface area contributed by atoms with Gasteiger partial charge >= 0.3 is 0 Å². The zero-order valence-electron chi connectivity index (χ0n) is 11.2. The van der Waals surface area contributed by atoms with Crippen molar-refractivity contribution in [2.24, 2.45) is 4.47 Å². The van der Waals surface area contributed by atoms with Crippen LogP contribution < -0.4 is 0 Å². The normalized spacial score (nSPS) is 16.5. The van der Waals surface area contributed by atoms with Crippen LogP contribution in [-0.4, -0.2) is 27.3 Å². The third kappa shape index (κ3) is 2.23. The number of amides is 2. The van der Waals surface area contributed by atoms with Gasteiger partial charge < -0.3 is 0 Å². The van der Waals surface area contributed by atoms with Crippen molar-refractivity contribution >= 4 is 21.5 Å². The number of nitrogens with zero attached hydrogens (tertiary/aromatic N) is 2. The molecule has 3 rings (SSSR count). The summed E-state index contributed by atoms with van der Waals surface area (Å²) in [5, 5.41) is 0.708. The van der Waals surface area contributed by atoms with E-state index in [1.807, 2.05) is 0 Å². The van der Waals surface area contributed by atoms with Gasteiger partial charge in [0.1, 0.15) is 0 Å². The molecule has 21 heavy (non-hydrogen) atoms. The summed E-state index contributed by atoms with van der Waals surface area (Å²) < 4.78 is 16.6.